The van der Waals surface area contributed by atoms with E-state index in [1.807, 2.05) is 18.0 Å². The second kappa shape index (κ2) is 5.69. The van der Waals surface area contributed by atoms with E-state index in [0.29, 0.717) is 14.7 Å². The Bertz CT molecular complexity index is 765. The fourth-order valence-corrected chi connectivity index (χ4v) is 2.85. The predicted molar refractivity (Wildman–Crippen MR) is 86.2 cm³/mol. The molecule has 1 aliphatic heterocycles. The van der Waals surface area contributed by atoms with Crippen molar-refractivity contribution < 1.29 is 0 Å². The number of halogens is 2. The van der Waals surface area contributed by atoms with Gasteiger partial charge in [-0.2, -0.15) is 0 Å². The van der Waals surface area contributed by atoms with Gasteiger partial charge in [-0.3, -0.25) is 10.1 Å². The summed E-state index contributed by atoms with van der Waals surface area (Å²) in [6.07, 6.45) is 1.80. The fourth-order valence-electron chi connectivity index (χ4n) is 2.06. The molecule has 1 aromatic carbocycles. The van der Waals surface area contributed by atoms with Gasteiger partial charge in [0.15, 0.2) is 5.84 Å². The average Bonchev–Trinajstić information content (AvgIpc) is 3.05. The summed E-state index contributed by atoms with van der Waals surface area (Å²) in [4.78, 5) is 0. The van der Waals surface area contributed by atoms with E-state index in [9.17, 15) is 0 Å². The second-order valence-corrected chi connectivity index (χ2v) is 5.56. The van der Waals surface area contributed by atoms with Crippen LogP contribution >= 0.6 is 35.4 Å². The van der Waals surface area contributed by atoms with Crippen LogP contribution in [0, 0.1) is 4.64 Å². The minimum absolute atomic E-state index is 0.518. The predicted octanol–water partition coefficient (Wildman–Crippen LogP) is 2.85. The van der Waals surface area contributed by atoms with Crippen LogP contribution in [-0.4, -0.2) is 27.2 Å². The minimum Gasteiger partial charge on any atom is -0.299 e. The molecule has 2 heterocycles. The van der Waals surface area contributed by atoms with E-state index in [0.717, 1.165) is 23.6 Å². The number of hydrogen-bond acceptors (Lipinski definition) is 5. The molecule has 110 valence electrons. The van der Waals surface area contributed by atoms with Crippen LogP contribution < -0.4 is 11.1 Å². The standard InChI is InChI=1S/C12H12Cl2N6S/c1-2-19-11(16-17-18-19)8-6-15-20(12(8)21)10-4-3-7(13)5-9(10)14/h3-6,15,17-18H,2H2,1H3. The van der Waals surface area contributed by atoms with E-state index in [1.54, 1.807) is 23.0 Å². The highest BCUT2D eigenvalue weighted by atomic mass is 35.5. The van der Waals surface area contributed by atoms with Gasteiger partial charge in [-0.25, -0.2) is 10.2 Å². The van der Waals surface area contributed by atoms with E-state index in [4.69, 9.17) is 35.4 Å². The van der Waals surface area contributed by atoms with Gasteiger partial charge in [0.2, 0.25) is 0 Å². The highest BCUT2D eigenvalue weighted by Crippen LogP contribution is 2.25. The molecule has 0 spiro atoms. The molecule has 21 heavy (non-hydrogen) atoms. The fraction of sp³-hybridized carbons (Fsp3) is 0.167. The largest absolute Gasteiger partial charge is 0.299 e. The third kappa shape index (κ3) is 2.53. The summed E-state index contributed by atoms with van der Waals surface area (Å²) in [6.45, 7) is 2.75. The zero-order chi connectivity index (χ0) is 15.0. The van der Waals surface area contributed by atoms with E-state index in [1.165, 1.54) is 0 Å². The van der Waals surface area contributed by atoms with E-state index in [2.05, 4.69) is 21.3 Å². The van der Waals surface area contributed by atoms with Gasteiger partial charge in [-0.1, -0.05) is 35.4 Å². The third-order valence-electron chi connectivity index (χ3n) is 3.08. The number of H-pyrrole nitrogens is 1. The first-order valence-corrected chi connectivity index (χ1v) is 7.40. The molecule has 3 N–H and O–H groups in total. The monoisotopic (exact) mass is 342 g/mol. The first kappa shape index (κ1) is 14.4. The zero-order valence-corrected chi connectivity index (χ0v) is 13.4. The number of nitrogens with one attached hydrogen (secondary N) is 3. The first-order valence-electron chi connectivity index (χ1n) is 6.24. The Balaban J connectivity index is 2.06. The van der Waals surface area contributed by atoms with Crippen molar-refractivity contribution in [2.24, 2.45) is 5.10 Å². The van der Waals surface area contributed by atoms with Crippen molar-refractivity contribution >= 4 is 41.3 Å². The maximum Gasteiger partial charge on any atom is 0.177 e. The maximum atomic E-state index is 6.22. The molecule has 3 rings (SSSR count). The van der Waals surface area contributed by atoms with Crippen LogP contribution in [0.2, 0.25) is 10.0 Å². The van der Waals surface area contributed by atoms with Gasteiger partial charge in [-0.05, 0) is 25.1 Å². The topological polar surface area (TPSA) is 60.4 Å². The number of hydrazine groups is 2. The smallest absolute Gasteiger partial charge is 0.177 e. The molecule has 6 nitrogen and oxygen atoms in total. The van der Waals surface area contributed by atoms with Gasteiger partial charge in [0.05, 0.1) is 16.3 Å². The van der Waals surface area contributed by atoms with Gasteiger partial charge >= 0.3 is 0 Å². The van der Waals surface area contributed by atoms with E-state index in [-0.39, 0.29) is 0 Å². The van der Waals surface area contributed by atoms with Crippen LogP contribution in [0.4, 0.5) is 0 Å². The average molecular weight is 343 g/mol. The number of hydrogen-bond donors (Lipinski definition) is 3. The van der Waals surface area contributed by atoms with Crippen molar-refractivity contribution in [1.29, 1.82) is 0 Å². The summed E-state index contributed by atoms with van der Waals surface area (Å²) in [6, 6.07) is 5.25. The van der Waals surface area contributed by atoms with Gasteiger partial charge in [-0.15, -0.1) is 10.6 Å². The number of nitrogens with zero attached hydrogens (tertiary/aromatic N) is 3. The Labute approximate surface area is 136 Å². The van der Waals surface area contributed by atoms with E-state index < -0.39 is 0 Å². The highest BCUT2D eigenvalue weighted by molar-refractivity contribution is 7.71. The molecular weight excluding hydrogens is 331 g/mol. The molecule has 0 bridgehead atoms. The summed E-state index contributed by atoms with van der Waals surface area (Å²) in [5.41, 5.74) is 7.17. The van der Waals surface area contributed by atoms with Gasteiger partial charge in [0.1, 0.15) is 4.64 Å². The van der Waals surface area contributed by atoms with Crippen molar-refractivity contribution in [3.05, 3.63) is 44.6 Å². The quantitative estimate of drug-likeness (QED) is 0.750. The van der Waals surface area contributed by atoms with Crippen LogP contribution in [0.5, 0.6) is 0 Å². The van der Waals surface area contributed by atoms with E-state index >= 15 is 0 Å². The molecule has 9 heteroatoms. The van der Waals surface area contributed by atoms with Crippen LogP contribution in [-0.2, 0) is 0 Å². The molecule has 0 amide bonds. The van der Waals surface area contributed by atoms with Crippen molar-refractivity contribution in [2.45, 2.75) is 6.92 Å². The molecule has 2 aromatic rings. The Morgan fingerprint density at radius 3 is 2.86 bits per heavy atom. The molecule has 0 saturated heterocycles. The zero-order valence-electron chi connectivity index (χ0n) is 11.0. The van der Waals surface area contributed by atoms with Crippen LogP contribution in [0.25, 0.3) is 5.69 Å². The SMILES string of the molecule is CCN1NNN=C1c1c[nH]n(-c2ccc(Cl)cc2Cl)c1=S. The summed E-state index contributed by atoms with van der Waals surface area (Å²) >= 11 is 17.7. The number of aromatic nitrogens is 2. The third-order valence-corrected chi connectivity index (χ3v) is 4.02. The molecule has 0 unspecified atom stereocenters. The Morgan fingerprint density at radius 2 is 2.14 bits per heavy atom. The highest BCUT2D eigenvalue weighted by Gasteiger charge is 2.21. The minimum atomic E-state index is 0.518. The lowest BCUT2D eigenvalue weighted by Crippen LogP contribution is -2.40. The molecule has 0 atom stereocenters. The van der Waals surface area contributed by atoms with Gasteiger partial charge in [0, 0.05) is 17.8 Å². The summed E-state index contributed by atoms with van der Waals surface area (Å²) in [7, 11) is 0. The summed E-state index contributed by atoms with van der Waals surface area (Å²) in [5, 5.41) is 10.2. The molecule has 1 aliphatic rings. The number of amidine groups is 1. The Kier molecular flexibility index (Phi) is 3.90. The van der Waals surface area contributed by atoms with Crippen LogP contribution in [0.15, 0.2) is 29.5 Å². The lowest BCUT2D eigenvalue weighted by Gasteiger charge is -2.14. The van der Waals surface area contributed by atoms with Crippen molar-refractivity contribution in [3.63, 3.8) is 0 Å². The van der Waals surface area contributed by atoms with Gasteiger partial charge < -0.3 is 0 Å². The van der Waals surface area contributed by atoms with Crippen LogP contribution in [0.1, 0.15) is 12.5 Å². The molecule has 0 fully saturated rings. The number of benzene rings is 1. The Morgan fingerprint density at radius 1 is 1.33 bits per heavy atom. The number of aromatic amines is 1. The second-order valence-electron chi connectivity index (χ2n) is 4.33. The van der Waals surface area contributed by atoms with Crippen molar-refractivity contribution in [1.82, 2.24) is 25.9 Å². The molecular formula is C12H12Cl2N6S. The first-order chi connectivity index (χ1) is 10.1. The van der Waals surface area contributed by atoms with Crippen LogP contribution in [0.3, 0.4) is 0 Å². The molecule has 0 aliphatic carbocycles. The molecule has 0 radical (unpaired) electrons. The summed E-state index contributed by atoms with van der Waals surface area (Å²) in [5.74, 6) is 0.725. The lowest BCUT2D eigenvalue weighted by molar-refractivity contribution is 0.308. The molecule has 0 saturated carbocycles. The van der Waals surface area contributed by atoms with Crippen molar-refractivity contribution in [3.8, 4) is 5.69 Å². The number of hydrazone groups is 1. The maximum absolute atomic E-state index is 6.22. The summed E-state index contributed by atoms with van der Waals surface area (Å²) < 4.78 is 2.31. The van der Waals surface area contributed by atoms with Crippen molar-refractivity contribution in [2.75, 3.05) is 6.54 Å². The number of rotatable bonds is 3. The Hall–Kier alpha value is -1.54. The molecule has 1 aromatic heterocycles. The normalized spacial score (nSPS) is 14.2. The lowest BCUT2D eigenvalue weighted by atomic mass is 10.3. The van der Waals surface area contributed by atoms with Gasteiger partial charge in [0.25, 0.3) is 0 Å².